The van der Waals surface area contributed by atoms with E-state index in [0.717, 1.165) is 16.0 Å². The molecule has 0 saturated heterocycles. The van der Waals surface area contributed by atoms with Gasteiger partial charge < -0.3 is 10.6 Å². The quantitative estimate of drug-likeness (QED) is 0.750. The van der Waals surface area contributed by atoms with Gasteiger partial charge in [-0.3, -0.25) is 9.59 Å². The number of carbonyl (C=O) groups is 2. The molecule has 29 heavy (non-hydrogen) atoms. The average molecular weight is 433 g/mol. The van der Waals surface area contributed by atoms with E-state index in [1.807, 2.05) is 32.9 Å². The minimum Gasteiger partial charge on any atom is -0.326 e. The van der Waals surface area contributed by atoms with Crippen molar-refractivity contribution in [2.45, 2.75) is 37.0 Å². The van der Waals surface area contributed by atoms with Crippen molar-refractivity contribution in [2.24, 2.45) is 5.92 Å². The van der Waals surface area contributed by atoms with Crippen LogP contribution in [0.1, 0.15) is 24.5 Å². The van der Waals surface area contributed by atoms with Crippen LogP contribution in [0.25, 0.3) is 0 Å². The molecule has 1 heterocycles. The maximum atomic E-state index is 12.7. The van der Waals surface area contributed by atoms with Crippen molar-refractivity contribution in [2.75, 3.05) is 22.1 Å². The van der Waals surface area contributed by atoms with Crippen molar-refractivity contribution in [3.05, 3.63) is 47.5 Å². The van der Waals surface area contributed by atoms with Crippen molar-refractivity contribution in [3.63, 3.8) is 0 Å². The number of aryl methyl sites for hydroxylation is 1. The van der Waals surface area contributed by atoms with Crippen LogP contribution in [0.5, 0.6) is 0 Å². The number of sulfone groups is 1. The van der Waals surface area contributed by atoms with Gasteiger partial charge in [0.1, 0.15) is 0 Å². The fourth-order valence-electron chi connectivity index (χ4n) is 2.92. The zero-order valence-corrected chi connectivity index (χ0v) is 18.2. The topological polar surface area (TPSA) is 92.3 Å². The zero-order valence-electron chi connectivity index (χ0n) is 16.6. The summed E-state index contributed by atoms with van der Waals surface area (Å²) >= 11 is 1.52. The maximum Gasteiger partial charge on any atom is 0.228 e. The molecular weight excluding hydrogens is 408 g/mol. The molecule has 1 aliphatic heterocycles. The Morgan fingerprint density at radius 1 is 1.24 bits per heavy atom. The Kier molecular flexibility index (Phi) is 6.33. The number of hydrogen-bond donors (Lipinski definition) is 2. The van der Waals surface area contributed by atoms with E-state index < -0.39 is 9.84 Å². The SMILES string of the molecule is Cc1cccc(NC(=O)CCS(=O)(=O)c2ccc3c(c2)NC(=O)[C@H](C)CS3)c1C. The molecule has 0 unspecified atom stereocenters. The first-order chi connectivity index (χ1) is 13.7. The van der Waals surface area contributed by atoms with Crippen molar-refractivity contribution in [1.82, 2.24) is 0 Å². The summed E-state index contributed by atoms with van der Waals surface area (Å²) in [4.78, 5) is 25.3. The van der Waals surface area contributed by atoms with Gasteiger partial charge in [0.2, 0.25) is 11.8 Å². The Labute approximate surface area is 175 Å². The molecule has 0 bridgehead atoms. The van der Waals surface area contributed by atoms with E-state index in [-0.39, 0.29) is 34.8 Å². The Balaban J connectivity index is 1.70. The van der Waals surface area contributed by atoms with E-state index in [0.29, 0.717) is 17.1 Å². The number of fused-ring (bicyclic) bond motifs is 1. The molecule has 1 atom stereocenters. The van der Waals surface area contributed by atoms with Gasteiger partial charge in [0.05, 0.1) is 16.3 Å². The number of nitrogens with one attached hydrogen (secondary N) is 2. The summed E-state index contributed by atoms with van der Waals surface area (Å²) in [5.74, 6) is -0.293. The summed E-state index contributed by atoms with van der Waals surface area (Å²) in [5, 5.41) is 5.57. The molecule has 0 spiro atoms. The van der Waals surface area contributed by atoms with E-state index >= 15 is 0 Å². The van der Waals surface area contributed by atoms with Crippen LogP contribution in [-0.4, -0.2) is 31.7 Å². The van der Waals surface area contributed by atoms with Crippen LogP contribution >= 0.6 is 11.8 Å². The first-order valence-corrected chi connectivity index (χ1v) is 12.0. The van der Waals surface area contributed by atoms with Crippen LogP contribution in [0, 0.1) is 19.8 Å². The molecule has 0 saturated carbocycles. The molecule has 0 radical (unpaired) electrons. The lowest BCUT2D eigenvalue weighted by molar-refractivity contribution is -0.118. The van der Waals surface area contributed by atoms with Gasteiger partial charge in [0.25, 0.3) is 0 Å². The highest BCUT2D eigenvalue weighted by atomic mass is 32.2. The highest BCUT2D eigenvalue weighted by Gasteiger charge is 2.23. The van der Waals surface area contributed by atoms with Crippen molar-refractivity contribution in [3.8, 4) is 0 Å². The normalized spacial score (nSPS) is 16.5. The second-order valence-electron chi connectivity index (χ2n) is 7.22. The second kappa shape index (κ2) is 8.59. The number of carbonyl (C=O) groups excluding carboxylic acids is 2. The molecule has 0 aromatic heterocycles. The van der Waals surface area contributed by atoms with Crippen LogP contribution in [0.2, 0.25) is 0 Å². The molecule has 2 amide bonds. The zero-order chi connectivity index (χ0) is 21.2. The van der Waals surface area contributed by atoms with Gasteiger partial charge in [-0.25, -0.2) is 8.42 Å². The fraction of sp³-hybridized carbons (Fsp3) is 0.333. The van der Waals surface area contributed by atoms with Crippen molar-refractivity contribution >= 4 is 44.8 Å². The van der Waals surface area contributed by atoms with Gasteiger partial charge in [0, 0.05) is 28.7 Å². The van der Waals surface area contributed by atoms with Gasteiger partial charge in [-0.05, 0) is 49.2 Å². The summed E-state index contributed by atoms with van der Waals surface area (Å²) in [6.45, 7) is 5.69. The van der Waals surface area contributed by atoms with Crippen LogP contribution in [0.3, 0.4) is 0 Å². The van der Waals surface area contributed by atoms with Gasteiger partial charge in [0.15, 0.2) is 9.84 Å². The monoisotopic (exact) mass is 432 g/mol. The van der Waals surface area contributed by atoms with E-state index in [1.54, 1.807) is 12.1 Å². The standard InChI is InChI=1S/C21H24N2O4S2/c1-13-5-4-6-17(15(13)3)22-20(24)9-10-29(26,27)16-7-8-19-18(11-16)23-21(25)14(2)12-28-19/h4-8,11,14H,9-10,12H2,1-3H3,(H,22,24)(H,23,25)/t14-/m1/s1. The molecule has 0 fully saturated rings. The summed E-state index contributed by atoms with van der Waals surface area (Å²) in [5.41, 5.74) is 3.20. The molecule has 1 aliphatic rings. The molecule has 2 aromatic carbocycles. The van der Waals surface area contributed by atoms with Gasteiger partial charge in [-0.2, -0.15) is 0 Å². The summed E-state index contributed by atoms with van der Waals surface area (Å²) < 4.78 is 25.5. The Morgan fingerprint density at radius 2 is 2.00 bits per heavy atom. The Hall–Kier alpha value is -2.32. The third-order valence-electron chi connectivity index (χ3n) is 4.98. The summed E-state index contributed by atoms with van der Waals surface area (Å²) in [6.07, 6.45) is -0.148. The third kappa shape index (κ3) is 5.00. The van der Waals surface area contributed by atoms with Crippen LogP contribution in [0.15, 0.2) is 46.2 Å². The maximum absolute atomic E-state index is 12.7. The minimum absolute atomic E-state index is 0.103. The Bertz CT molecular complexity index is 1060. The highest BCUT2D eigenvalue weighted by molar-refractivity contribution is 7.99. The molecule has 2 aromatic rings. The highest BCUT2D eigenvalue weighted by Crippen LogP contribution is 2.34. The third-order valence-corrected chi connectivity index (χ3v) is 8.03. The molecule has 2 N–H and O–H groups in total. The van der Waals surface area contributed by atoms with E-state index in [4.69, 9.17) is 0 Å². The van der Waals surface area contributed by atoms with Crippen LogP contribution in [0.4, 0.5) is 11.4 Å². The van der Waals surface area contributed by atoms with Gasteiger partial charge >= 0.3 is 0 Å². The van der Waals surface area contributed by atoms with Gasteiger partial charge in [-0.1, -0.05) is 19.1 Å². The number of anilines is 2. The lowest BCUT2D eigenvalue weighted by Gasteiger charge is -2.12. The fourth-order valence-corrected chi connectivity index (χ4v) is 5.19. The minimum atomic E-state index is -3.66. The smallest absolute Gasteiger partial charge is 0.228 e. The number of benzene rings is 2. The number of thioether (sulfide) groups is 1. The van der Waals surface area contributed by atoms with E-state index in [9.17, 15) is 18.0 Å². The molecule has 3 rings (SSSR count). The largest absolute Gasteiger partial charge is 0.326 e. The summed E-state index contributed by atoms with van der Waals surface area (Å²) in [6, 6.07) is 10.3. The van der Waals surface area contributed by atoms with E-state index in [1.165, 1.54) is 23.9 Å². The molecule has 0 aliphatic carbocycles. The average Bonchev–Trinajstić information content (AvgIpc) is 2.82. The lowest BCUT2D eigenvalue weighted by atomic mass is 10.1. The molecule has 154 valence electrons. The van der Waals surface area contributed by atoms with Crippen LogP contribution in [-0.2, 0) is 19.4 Å². The Morgan fingerprint density at radius 3 is 2.76 bits per heavy atom. The number of amides is 2. The first-order valence-electron chi connectivity index (χ1n) is 9.34. The molecule has 6 nitrogen and oxygen atoms in total. The number of rotatable bonds is 5. The lowest BCUT2D eigenvalue weighted by Crippen LogP contribution is -2.20. The number of hydrogen-bond acceptors (Lipinski definition) is 5. The second-order valence-corrected chi connectivity index (χ2v) is 10.4. The van der Waals surface area contributed by atoms with Crippen molar-refractivity contribution < 1.29 is 18.0 Å². The predicted molar refractivity (Wildman–Crippen MR) is 116 cm³/mol. The van der Waals surface area contributed by atoms with E-state index in [2.05, 4.69) is 10.6 Å². The van der Waals surface area contributed by atoms with Crippen molar-refractivity contribution in [1.29, 1.82) is 0 Å². The predicted octanol–water partition coefficient (Wildman–Crippen LogP) is 3.79. The first kappa shape index (κ1) is 21.4. The van der Waals surface area contributed by atoms with Crippen LogP contribution < -0.4 is 10.6 Å². The van der Waals surface area contributed by atoms with Gasteiger partial charge in [-0.15, -0.1) is 11.8 Å². The molecule has 8 heteroatoms. The molecular formula is C21H24N2O4S2. The summed E-state index contributed by atoms with van der Waals surface area (Å²) in [7, 11) is -3.66.